The van der Waals surface area contributed by atoms with Crippen LogP contribution in [0.2, 0.25) is 0 Å². The molecule has 8 nitrogen and oxygen atoms in total. The molecule has 0 aliphatic carbocycles. The van der Waals surface area contributed by atoms with Crippen LogP contribution in [0.5, 0.6) is 23.0 Å². The topological polar surface area (TPSA) is 93.4 Å². The summed E-state index contributed by atoms with van der Waals surface area (Å²) in [4.78, 5) is 25.9. The third-order valence-corrected chi connectivity index (χ3v) is 5.25. The van der Waals surface area contributed by atoms with E-state index in [0.29, 0.717) is 39.5 Å². The molecule has 2 atom stereocenters. The van der Waals surface area contributed by atoms with Crippen LogP contribution in [0.4, 0.5) is 0 Å². The highest BCUT2D eigenvalue weighted by molar-refractivity contribution is 5.89. The predicted molar refractivity (Wildman–Crippen MR) is 111 cm³/mol. The number of carbonyl (C=O) groups excluding carboxylic acids is 1. The molecule has 0 radical (unpaired) electrons. The van der Waals surface area contributed by atoms with E-state index < -0.39 is 23.6 Å². The third-order valence-electron chi connectivity index (χ3n) is 5.25. The van der Waals surface area contributed by atoms with Crippen molar-refractivity contribution in [3.63, 3.8) is 0 Å². The molecule has 31 heavy (non-hydrogen) atoms. The van der Waals surface area contributed by atoms with Gasteiger partial charge in [0.05, 0.1) is 44.8 Å². The average molecular weight is 426 g/mol. The number of hydrogen-bond acceptors (Lipinski definition) is 8. The summed E-state index contributed by atoms with van der Waals surface area (Å²) < 4.78 is 33.3. The Morgan fingerprint density at radius 1 is 1.00 bits per heavy atom. The van der Waals surface area contributed by atoms with Gasteiger partial charge in [0.2, 0.25) is 11.9 Å². The summed E-state index contributed by atoms with van der Waals surface area (Å²) in [5.74, 6) is -0.0187. The first-order chi connectivity index (χ1) is 15.0. The first-order valence-corrected chi connectivity index (χ1v) is 9.73. The molecule has 0 N–H and O–H groups in total. The second-order valence-corrected chi connectivity index (χ2v) is 6.82. The van der Waals surface area contributed by atoms with Crippen molar-refractivity contribution >= 4 is 16.9 Å². The molecule has 162 valence electrons. The zero-order valence-corrected chi connectivity index (χ0v) is 17.6. The normalized spacial score (nSPS) is 17.0. The Hall–Kier alpha value is -3.68. The van der Waals surface area contributed by atoms with Crippen molar-refractivity contribution in [2.24, 2.45) is 0 Å². The average Bonchev–Trinajstić information content (AvgIpc) is 3.19. The van der Waals surface area contributed by atoms with Gasteiger partial charge in [0.25, 0.3) is 0 Å². The Labute approximate surface area is 178 Å². The minimum atomic E-state index is -1.10. The molecule has 0 saturated heterocycles. The van der Waals surface area contributed by atoms with Crippen LogP contribution in [0.25, 0.3) is 11.0 Å². The number of fused-ring (bicyclic) bond motifs is 3. The van der Waals surface area contributed by atoms with Gasteiger partial charge in [-0.25, -0.2) is 9.59 Å². The lowest BCUT2D eigenvalue weighted by molar-refractivity contribution is -0.151. The van der Waals surface area contributed by atoms with Crippen molar-refractivity contribution in [2.45, 2.75) is 18.9 Å². The van der Waals surface area contributed by atoms with E-state index in [1.165, 1.54) is 21.3 Å². The van der Waals surface area contributed by atoms with Crippen molar-refractivity contribution in [1.29, 1.82) is 0 Å². The summed E-state index contributed by atoms with van der Waals surface area (Å²) >= 11 is 0. The Morgan fingerprint density at radius 2 is 1.74 bits per heavy atom. The molecule has 0 saturated carbocycles. The van der Waals surface area contributed by atoms with Crippen LogP contribution >= 0.6 is 0 Å². The summed E-state index contributed by atoms with van der Waals surface area (Å²) in [6.07, 6.45) is -1.10. The summed E-state index contributed by atoms with van der Waals surface area (Å²) in [5.41, 5.74) is 0.512. The third kappa shape index (κ3) is 3.24. The largest absolute Gasteiger partial charge is 0.493 e. The van der Waals surface area contributed by atoms with Gasteiger partial charge in [0.1, 0.15) is 11.3 Å². The molecule has 3 aromatic rings. The van der Waals surface area contributed by atoms with Gasteiger partial charge < -0.3 is 28.1 Å². The number of carbonyl (C=O) groups is 1. The van der Waals surface area contributed by atoms with E-state index in [0.717, 1.165) is 0 Å². The molecule has 2 aromatic carbocycles. The highest BCUT2D eigenvalue weighted by Gasteiger charge is 2.46. The SMILES string of the molecule is CCOC(=O)[C@@H]1Oc2c(c(=O)oc3ccccc23)[C@H]1c1ccc(OC)c(OC)c1OC. The molecule has 1 aliphatic heterocycles. The second-order valence-electron chi connectivity index (χ2n) is 6.82. The van der Waals surface area contributed by atoms with E-state index in [1.807, 2.05) is 0 Å². The van der Waals surface area contributed by atoms with Gasteiger partial charge in [0, 0.05) is 5.56 Å². The van der Waals surface area contributed by atoms with Gasteiger partial charge in [-0.15, -0.1) is 0 Å². The fourth-order valence-electron chi connectivity index (χ4n) is 3.97. The van der Waals surface area contributed by atoms with Crippen LogP contribution in [0.3, 0.4) is 0 Å². The molecular weight excluding hydrogens is 404 g/mol. The zero-order valence-electron chi connectivity index (χ0n) is 17.6. The van der Waals surface area contributed by atoms with Crippen LogP contribution in [0.15, 0.2) is 45.6 Å². The van der Waals surface area contributed by atoms with Crippen molar-refractivity contribution in [3.8, 4) is 23.0 Å². The maximum atomic E-state index is 13.0. The number of benzene rings is 2. The standard InChI is InChI=1S/C23H22O8/c1-5-29-23(25)21-16(13-10-11-15(26-2)20(28-4)19(13)27-3)17-18(31-21)12-8-6-7-9-14(12)30-22(17)24/h6-11,16,21H,5H2,1-4H3/t16-,21-/m1/s1. The van der Waals surface area contributed by atoms with Crippen LogP contribution in [0.1, 0.15) is 24.0 Å². The maximum absolute atomic E-state index is 13.0. The van der Waals surface area contributed by atoms with Crippen LogP contribution in [-0.2, 0) is 9.53 Å². The molecule has 8 heteroatoms. The van der Waals surface area contributed by atoms with Crippen molar-refractivity contribution in [2.75, 3.05) is 27.9 Å². The summed E-state index contributed by atoms with van der Waals surface area (Å²) in [6, 6.07) is 10.4. The van der Waals surface area contributed by atoms with Gasteiger partial charge in [-0.1, -0.05) is 18.2 Å². The van der Waals surface area contributed by atoms with E-state index in [2.05, 4.69) is 0 Å². The number of hydrogen-bond donors (Lipinski definition) is 0. The molecule has 0 unspecified atom stereocenters. The maximum Gasteiger partial charge on any atom is 0.348 e. The lowest BCUT2D eigenvalue weighted by Crippen LogP contribution is -2.32. The fraction of sp³-hybridized carbons (Fsp3) is 0.304. The molecule has 1 aliphatic rings. The first kappa shape index (κ1) is 20.6. The number of ether oxygens (including phenoxy) is 5. The highest BCUT2D eigenvalue weighted by Crippen LogP contribution is 2.50. The highest BCUT2D eigenvalue weighted by atomic mass is 16.6. The number of para-hydroxylation sites is 1. The minimum Gasteiger partial charge on any atom is -0.493 e. The lowest BCUT2D eigenvalue weighted by Gasteiger charge is -2.22. The lowest BCUT2D eigenvalue weighted by atomic mass is 9.87. The van der Waals surface area contributed by atoms with Gasteiger partial charge in [-0.3, -0.25) is 0 Å². The summed E-state index contributed by atoms with van der Waals surface area (Å²) in [5, 5.41) is 0.591. The van der Waals surface area contributed by atoms with E-state index in [1.54, 1.807) is 43.3 Å². The number of methoxy groups -OCH3 is 3. The smallest absolute Gasteiger partial charge is 0.348 e. The molecule has 0 bridgehead atoms. The molecular formula is C23H22O8. The van der Waals surface area contributed by atoms with Crippen LogP contribution < -0.4 is 24.6 Å². The summed E-state index contributed by atoms with van der Waals surface area (Å²) in [6.45, 7) is 1.87. The van der Waals surface area contributed by atoms with E-state index in [4.69, 9.17) is 28.1 Å². The number of rotatable bonds is 6. The van der Waals surface area contributed by atoms with Crippen molar-refractivity contribution in [3.05, 3.63) is 57.9 Å². The molecule has 4 rings (SSSR count). The zero-order chi connectivity index (χ0) is 22.1. The van der Waals surface area contributed by atoms with Gasteiger partial charge in [-0.2, -0.15) is 0 Å². The monoisotopic (exact) mass is 426 g/mol. The predicted octanol–water partition coefficient (Wildman–Crippen LogP) is 3.27. The molecule has 0 fully saturated rings. The van der Waals surface area contributed by atoms with E-state index >= 15 is 0 Å². The Balaban J connectivity index is 2.01. The van der Waals surface area contributed by atoms with E-state index in [-0.39, 0.29) is 12.2 Å². The Morgan fingerprint density at radius 3 is 2.42 bits per heavy atom. The van der Waals surface area contributed by atoms with E-state index in [9.17, 15) is 9.59 Å². The number of esters is 1. The van der Waals surface area contributed by atoms with Gasteiger partial charge in [0.15, 0.2) is 11.5 Å². The Bertz CT molecular complexity index is 1200. The van der Waals surface area contributed by atoms with Crippen molar-refractivity contribution < 1.29 is 32.9 Å². The Kier molecular flexibility index (Phi) is 5.46. The fourth-order valence-corrected chi connectivity index (χ4v) is 3.97. The quantitative estimate of drug-likeness (QED) is 0.438. The van der Waals surface area contributed by atoms with Crippen molar-refractivity contribution in [1.82, 2.24) is 0 Å². The first-order valence-electron chi connectivity index (χ1n) is 9.73. The van der Waals surface area contributed by atoms with Crippen LogP contribution in [0, 0.1) is 0 Å². The molecule has 0 spiro atoms. The summed E-state index contributed by atoms with van der Waals surface area (Å²) in [7, 11) is 4.46. The van der Waals surface area contributed by atoms with Crippen LogP contribution in [-0.4, -0.2) is 40.0 Å². The van der Waals surface area contributed by atoms with Gasteiger partial charge in [-0.05, 0) is 25.1 Å². The molecule has 0 amide bonds. The van der Waals surface area contributed by atoms with Gasteiger partial charge >= 0.3 is 11.6 Å². The molecule has 2 heterocycles. The molecule has 1 aromatic heterocycles. The minimum absolute atomic E-state index is 0.167. The second kappa shape index (κ2) is 8.22.